The minimum atomic E-state index is 1.12. The molecule has 0 amide bonds. The van der Waals surface area contributed by atoms with Crippen molar-refractivity contribution in [1.29, 1.82) is 0 Å². The largest absolute Gasteiger partial charge is 0.0991 e. The molecule has 0 atom stereocenters. The lowest BCUT2D eigenvalue weighted by Gasteiger charge is -1.94. The maximum atomic E-state index is 3.83. The van der Waals surface area contributed by atoms with Gasteiger partial charge in [0, 0.05) is 0 Å². The molecular formula is C19H28. The minimum absolute atomic E-state index is 1.12. The summed E-state index contributed by atoms with van der Waals surface area (Å²) in [7, 11) is 0. The molecule has 1 rings (SSSR count). The van der Waals surface area contributed by atoms with Crippen LogP contribution in [0.4, 0.5) is 0 Å². The van der Waals surface area contributed by atoms with Crippen molar-refractivity contribution in [2.45, 2.75) is 34.6 Å². The Morgan fingerprint density at radius 2 is 1.47 bits per heavy atom. The lowest BCUT2D eigenvalue weighted by Crippen LogP contribution is -1.72. The summed E-state index contributed by atoms with van der Waals surface area (Å²) in [6, 6.07) is 10.2. The molecule has 104 valence electrons. The molecule has 0 saturated heterocycles. The Kier molecular flexibility index (Phi) is 14.6. The van der Waals surface area contributed by atoms with Gasteiger partial charge in [-0.25, -0.2) is 0 Å². The monoisotopic (exact) mass is 256 g/mol. The van der Waals surface area contributed by atoms with Gasteiger partial charge in [0.15, 0.2) is 0 Å². The summed E-state index contributed by atoms with van der Waals surface area (Å²) < 4.78 is 0. The van der Waals surface area contributed by atoms with Crippen molar-refractivity contribution < 1.29 is 0 Å². The zero-order chi connectivity index (χ0) is 15.1. The Hall–Kier alpha value is -1.82. The molecular weight excluding hydrogens is 228 g/mol. The van der Waals surface area contributed by atoms with E-state index in [0.717, 1.165) is 5.57 Å². The molecule has 0 radical (unpaired) electrons. The van der Waals surface area contributed by atoms with Crippen LogP contribution in [0.5, 0.6) is 0 Å². The van der Waals surface area contributed by atoms with E-state index in [4.69, 9.17) is 0 Å². The van der Waals surface area contributed by atoms with Crippen molar-refractivity contribution >= 4 is 5.57 Å². The highest BCUT2D eigenvalue weighted by atomic mass is 13.9. The topological polar surface area (TPSA) is 0 Å². The van der Waals surface area contributed by atoms with Crippen LogP contribution in [-0.4, -0.2) is 0 Å². The Labute approximate surface area is 119 Å². The van der Waals surface area contributed by atoms with Crippen LogP contribution in [0, 0.1) is 0 Å². The van der Waals surface area contributed by atoms with Crippen molar-refractivity contribution in [3.63, 3.8) is 0 Å². The first kappa shape index (κ1) is 19.5. The summed E-state index contributed by atoms with van der Waals surface area (Å²) in [5.41, 5.74) is 3.72. The van der Waals surface area contributed by atoms with Crippen molar-refractivity contribution in [3.8, 4) is 0 Å². The Morgan fingerprint density at radius 3 is 1.63 bits per heavy atom. The molecule has 19 heavy (non-hydrogen) atoms. The first-order valence-corrected chi connectivity index (χ1v) is 6.53. The van der Waals surface area contributed by atoms with Crippen LogP contribution < -0.4 is 0 Å². The fraction of sp³-hybridized carbons (Fsp3) is 0.263. The van der Waals surface area contributed by atoms with Gasteiger partial charge in [-0.3, -0.25) is 0 Å². The van der Waals surface area contributed by atoms with Crippen LogP contribution in [-0.2, 0) is 0 Å². The molecule has 0 bridgehead atoms. The second-order valence-electron chi connectivity index (χ2n) is 4.27. The second-order valence-corrected chi connectivity index (χ2v) is 4.27. The number of hydrogen-bond acceptors (Lipinski definition) is 0. The fourth-order valence-corrected chi connectivity index (χ4v) is 0.859. The molecule has 0 aliphatic heterocycles. The van der Waals surface area contributed by atoms with Gasteiger partial charge in [-0.1, -0.05) is 78.9 Å². The summed E-state index contributed by atoms with van der Waals surface area (Å²) in [5.74, 6) is 0. The maximum Gasteiger partial charge on any atom is -0.0233 e. The maximum absolute atomic E-state index is 3.83. The normalized spacial score (nSPS) is 8.47. The summed E-state index contributed by atoms with van der Waals surface area (Å²) in [6.07, 6.45) is 7.66. The van der Waals surface area contributed by atoms with E-state index in [1.54, 1.807) is 6.08 Å². The molecule has 0 spiro atoms. The predicted molar refractivity (Wildman–Crippen MR) is 91.3 cm³/mol. The summed E-state index contributed by atoms with van der Waals surface area (Å²) in [4.78, 5) is 0. The number of allylic oxidation sites excluding steroid dienone is 6. The predicted octanol–water partition coefficient (Wildman–Crippen LogP) is 6.44. The molecule has 0 unspecified atom stereocenters. The zero-order valence-electron chi connectivity index (χ0n) is 13.1. The molecule has 0 aliphatic rings. The van der Waals surface area contributed by atoms with E-state index in [1.807, 2.05) is 51.1 Å². The fourth-order valence-electron chi connectivity index (χ4n) is 0.859. The number of benzene rings is 1. The van der Waals surface area contributed by atoms with Gasteiger partial charge >= 0.3 is 0 Å². The molecule has 0 aromatic heterocycles. The van der Waals surface area contributed by atoms with E-state index in [1.165, 1.54) is 11.1 Å². The van der Waals surface area contributed by atoms with Crippen molar-refractivity contribution in [2.24, 2.45) is 0 Å². The Morgan fingerprint density at radius 1 is 1.00 bits per heavy atom. The summed E-state index contributed by atoms with van der Waals surface area (Å²) in [5, 5.41) is 0. The van der Waals surface area contributed by atoms with Gasteiger partial charge in [0.05, 0.1) is 0 Å². The molecule has 0 nitrogen and oxygen atoms in total. The molecule has 1 aromatic rings. The number of hydrogen-bond donors (Lipinski definition) is 0. The Bertz CT molecular complexity index is 387. The van der Waals surface area contributed by atoms with Crippen molar-refractivity contribution in [3.05, 3.63) is 78.9 Å². The highest BCUT2D eigenvalue weighted by Crippen LogP contribution is 2.08. The number of rotatable bonds is 2. The van der Waals surface area contributed by atoms with Crippen LogP contribution in [0.15, 0.2) is 73.4 Å². The third-order valence-electron chi connectivity index (χ3n) is 2.17. The minimum Gasteiger partial charge on any atom is -0.0991 e. The van der Waals surface area contributed by atoms with Crippen molar-refractivity contribution in [2.75, 3.05) is 0 Å². The average Bonchev–Trinajstić information content (AvgIpc) is 2.42. The van der Waals surface area contributed by atoms with E-state index in [9.17, 15) is 0 Å². The van der Waals surface area contributed by atoms with Gasteiger partial charge in [-0.15, -0.1) is 0 Å². The molecule has 0 N–H and O–H groups in total. The van der Waals surface area contributed by atoms with E-state index < -0.39 is 0 Å². The molecule has 0 heteroatoms. The highest BCUT2D eigenvalue weighted by molar-refractivity contribution is 5.60. The van der Waals surface area contributed by atoms with Gasteiger partial charge in [0.1, 0.15) is 0 Å². The van der Waals surface area contributed by atoms with E-state index in [2.05, 4.69) is 45.2 Å². The van der Waals surface area contributed by atoms with Gasteiger partial charge in [-0.05, 0) is 40.2 Å². The molecule has 0 heterocycles. The van der Waals surface area contributed by atoms with Crippen molar-refractivity contribution in [1.82, 2.24) is 0 Å². The molecule has 1 aromatic carbocycles. The molecule has 0 aliphatic carbocycles. The molecule has 0 saturated carbocycles. The lowest BCUT2D eigenvalue weighted by molar-refractivity contribution is 1.36. The smallest absolute Gasteiger partial charge is 0.0233 e. The van der Waals surface area contributed by atoms with E-state index in [0.29, 0.717) is 0 Å². The second kappa shape index (κ2) is 14.2. The Balaban J connectivity index is 0. The van der Waals surface area contributed by atoms with Crippen LogP contribution in [0.3, 0.4) is 0 Å². The van der Waals surface area contributed by atoms with Crippen LogP contribution >= 0.6 is 0 Å². The SMILES string of the molecule is C=C(C)c1ccccc1.C=C/C=C/C.CC=C(C)C. The first-order chi connectivity index (χ1) is 8.99. The standard InChI is InChI=1S/C9H10.C5H10.C5H8/c1-8(2)9-6-4-3-5-7-9;1-4-5(2)3;1-3-5-4-2/h3-7H,1H2,2H3;4H,1-3H3;3-5H,1H2,2H3/b;;5-4+. The molecule has 0 fully saturated rings. The quantitative estimate of drug-likeness (QED) is 0.422. The average molecular weight is 256 g/mol. The zero-order valence-corrected chi connectivity index (χ0v) is 13.1. The van der Waals surface area contributed by atoms with Gasteiger partial charge < -0.3 is 0 Å². The first-order valence-electron chi connectivity index (χ1n) is 6.53. The third kappa shape index (κ3) is 16.2. The van der Waals surface area contributed by atoms with Crippen LogP contribution in [0.25, 0.3) is 5.57 Å². The van der Waals surface area contributed by atoms with Gasteiger partial charge in [0.2, 0.25) is 0 Å². The third-order valence-corrected chi connectivity index (χ3v) is 2.17. The summed E-state index contributed by atoms with van der Waals surface area (Å²) in [6.45, 7) is 17.5. The summed E-state index contributed by atoms with van der Waals surface area (Å²) >= 11 is 0. The van der Waals surface area contributed by atoms with Gasteiger partial charge in [-0.2, -0.15) is 0 Å². The van der Waals surface area contributed by atoms with Crippen LogP contribution in [0.1, 0.15) is 40.2 Å². The van der Waals surface area contributed by atoms with Gasteiger partial charge in [0.25, 0.3) is 0 Å². The van der Waals surface area contributed by atoms with E-state index >= 15 is 0 Å². The van der Waals surface area contributed by atoms with E-state index in [-0.39, 0.29) is 0 Å². The highest BCUT2D eigenvalue weighted by Gasteiger charge is 1.86. The van der Waals surface area contributed by atoms with Crippen LogP contribution in [0.2, 0.25) is 0 Å². The lowest BCUT2D eigenvalue weighted by atomic mass is 10.1.